The summed E-state index contributed by atoms with van der Waals surface area (Å²) in [6.45, 7) is 9.34. The Bertz CT molecular complexity index is 1400. The van der Waals surface area contributed by atoms with Crippen molar-refractivity contribution in [2.24, 2.45) is 5.92 Å². The van der Waals surface area contributed by atoms with Crippen LogP contribution in [0.2, 0.25) is 0 Å². The zero-order chi connectivity index (χ0) is 24.1. The van der Waals surface area contributed by atoms with Gasteiger partial charge in [0, 0.05) is 24.2 Å². The first-order valence-electron chi connectivity index (χ1n) is 12.5. The largest absolute Gasteiger partial charge is 0.497 e. The molecule has 2 aromatic heterocycles. The average Bonchev–Trinajstić information content (AvgIpc) is 3.44. The van der Waals surface area contributed by atoms with E-state index in [9.17, 15) is 0 Å². The van der Waals surface area contributed by atoms with Crippen LogP contribution in [0.4, 0.5) is 5.82 Å². The highest BCUT2D eigenvalue weighted by atomic mass is 16.5. The highest BCUT2D eigenvalue weighted by Gasteiger charge is 2.31. The van der Waals surface area contributed by atoms with Crippen LogP contribution in [0.3, 0.4) is 0 Å². The first-order chi connectivity index (χ1) is 17.0. The number of hydrogen-bond donors (Lipinski definition) is 0. The Labute approximate surface area is 206 Å². The van der Waals surface area contributed by atoms with Gasteiger partial charge in [-0.2, -0.15) is 9.61 Å². The van der Waals surface area contributed by atoms with Gasteiger partial charge in [0.15, 0.2) is 5.65 Å². The van der Waals surface area contributed by atoms with Crippen molar-refractivity contribution in [2.45, 2.75) is 53.4 Å². The topological polar surface area (TPSA) is 51.9 Å². The Morgan fingerprint density at radius 3 is 2.57 bits per heavy atom. The van der Waals surface area contributed by atoms with Crippen LogP contribution in [0.5, 0.6) is 5.75 Å². The van der Waals surface area contributed by atoms with Crippen molar-refractivity contribution in [3.63, 3.8) is 0 Å². The minimum Gasteiger partial charge on any atom is -0.497 e. The second-order valence-corrected chi connectivity index (χ2v) is 10.0. The van der Waals surface area contributed by atoms with Gasteiger partial charge in [-0.25, -0.2) is 4.98 Å². The summed E-state index contributed by atoms with van der Waals surface area (Å²) in [4.78, 5) is 7.63. The summed E-state index contributed by atoms with van der Waals surface area (Å²) in [5.41, 5.74) is 10.1. The molecule has 4 aromatic rings. The number of anilines is 1. The first-order valence-corrected chi connectivity index (χ1v) is 12.5. The molecule has 0 unspecified atom stereocenters. The fourth-order valence-electron chi connectivity index (χ4n) is 5.17. The number of fused-ring (bicyclic) bond motifs is 2. The number of methoxy groups -OCH3 is 1. The van der Waals surface area contributed by atoms with Gasteiger partial charge >= 0.3 is 0 Å². The maximum atomic E-state index is 5.92. The van der Waals surface area contributed by atoms with E-state index >= 15 is 0 Å². The molecule has 0 atom stereocenters. The SMILES string of the molecule is COc1ccc(-c2c(C)nn3c(N(Cc4ccc(C)cc4)CC4CC4)c4c(nc23)COC4)c(C)c1. The van der Waals surface area contributed by atoms with Crippen molar-refractivity contribution in [3.05, 3.63) is 76.1 Å². The Balaban J connectivity index is 1.53. The van der Waals surface area contributed by atoms with Gasteiger partial charge in [0.05, 0.1) is 31.7 Å². The first kappa shape index (κ1) is 22.1. The molecule has 35 heavy (non-hydrogen) atoms. The number of rotatable bonds is 7. The van der Waals surface area contributed by atoms with Crippen molar-refractivity contribution < 1.29 is 9.47 Å². The Kier molecular flexibility index (Phi) is 5.49. The summed E-state index contributed by atoms with van der Waals surface area (Å²) >= 11 is 0. The number of benzene rings is 2. The van der Waals surface area contributed by atoms with E-state index in [-0.39, 0.29) is 0 Å². The maximum Gasteiger partial charge on any atom is 0.165 e. The number of aromatic nitrogens is 3. The smallest absolute Gasteiger partial charge is 0.165 e. The van der Waals surface area contributed by atoms with Crippen LogP contribution in [-0.4, -0.2) is 28.3 Å². The molecule has 0 N–H and O–H groups in total. The third kappa shape index (κ3) is 4.06. The van der Waals surface area contributed by atoms with E-state index < -0.39 is 0 Å². The Hall–Kier alpha value is -3.38. The molecule has 2 aromatic carbocycles. The molecule has 0 amide bonds. The monoisotopic (exact) mass is 468 g/mol. The lowest BCUT2D eigenvalue weighted by molar-refractivity contribution is 0.133. The molecule has 1 aliphatic carbocycles. The molecule has 180 valence electrons. The summed E-state index contributed by atoms with van der Waals surface area (Å²) in [6, 6.07) is 15.1. The standard InChI is InChI=1S/C29H32N4O2/c1-18-5-7-21(8-6-18)14-32(15-22-9-10-22)29-25-16-35-17-26(25)30-28-27(20(3)31-33(28)29)24-12-11-23(34-4)13-19(24)2/h5-8,11-13,22H,9-10,14-17H2,1-4H3. The van der Waals surface area contributed by atoms with E-state index in [1.54, 1.807) is 7.11 Å². The molecule has 2 aliphatic rings. The van der Waals surface area contributed by atoms with E-state index in [4.69, 9.17) is 19.6 Å². The lowest BCUT2D eigenvalue weighted by Gasteiger charge is -2.27. The average molecular weight is 469 g/mol. The highest BCUT2D eigenvalue weighted by Crippen LogP contribution is 2.39. The zero-order valence-electron chi connectivity index (χ0n) is 21.0. The second kappa shape index (κ2) is 8.68. The van der Waals surface area contributed by atoms with Crippen LogP contribution in [0.25, 0.3) is 16.8 Å². The van der Waals surface area contributed by atoms with Gasteiger partial charge in [-0.3, -0.25) is 0 Å². The lowest BCUT2D eigenvalue weighted by Crippen LogP contribution is -2.29. The second-order valence-electron chi connectivity index (χ2n) is 10.0. The third-order valence-electron chi connectivity index (χ3n) is 7.25. The van der Waals surface area contributed by atoms with Crippen molar-refractivity contribution in [1.29, 1.82) is 0 Å². The molecular weight excluding hydrogens is 436 g/mol. The predicted octanol–water partition coefficient (Wildman–Crippen LogP) is 5.78. The molecule has 0 bridgehead atoms. The lowest BCUT2D eigenvalue weighted by atomic mass is 10.0. The maximum absolute atomic E-state index is 5.92. The minimum absolute atomic E-state index is 0.548. The number of aryl methyl sites for hydroxylation is 3. The van der Waals surface area contributed by atoms with Crippen LogP contribution in [0, 0.1) is 26.7 Å². The molecule has 6 rings (SSSR count). The predicted molar refractivity (Wildman–Crippen MR) is 138 cm³/mol. The Morgan fingerprint density at radius 2 is 1.86 bits per heavy atom. The van der Waals surface area contributed by atoms with Gasteiger partial charge in [0.1, 0.15) is 11.6 Å². The van der Waals surface area contributed by atoms with Crippen LogP contribution in [0.1, 0.15) is 46.5 Å². The molecule has 0 spiro atoms. The summed E-state index contributed by atoms with van der Waals surface area (Å²) in [5.74, 6) is 2.73. The highest BCUT2D eigenvalue weighted by molar-refractivity contribution is 5.83. The molecule has 0 saturated heterocycles. The molecule has 1 aliphatic heterocycles. The summed E-state index contributed by atoms with van der Waals surface area (Å²) in [7, 11) is 1.70. The molecule has 6 heteroatoms. The van der Waals surface area contributed by atoms with Gasteiger partial charge in [-0.1, -0.05) is 35.9 Å². The molecule has 3 heterocycles. The third-order valence-corrected chi connectivity index (χ3v) is 7.25. The van der Waals surface area contributed by atoms with Gasteiger partial charge in [-0.15, -0.1) is 0 Å². The van der Waals surface area contributed by atoms with E-state index in [0.717, 1.165) is 64.3 Å². The fraction of sp³-hybridized carbons (Fsp3) is 0.379. The fourth-order valence-corrected chi connectivity index (χ4v) is 5.17. The number of nitrogens with zero attached hydrogens (tertiary/aromatic N) is 4. The Morgan fingerprint density at radius 1 is 1.06 bits per heavy atom. The summed E-state index contributed by atoms with van der Waals surface area (Å²) in [5, 5.41) is 5.08. The summed E-state index contributed by atoms with van der Waals surface area (Å²) < 4.78 is 13.4. The van der Waals surface area contributed by atoms with Gasteiger partial charge in [0.2, 0.25) is 0 Å². The molecule has 1 fully saturated rings. The van der Waals surface area contributed by atoms with Crippen molar-refractivity contribution in [2.75, 3.05) is 18.6 Å². The minimum atomic E-state index is 0.548. The zero-order valence-corrected chi connectivity index (χ0v) is 21.0. The van der Waals surface area contributed by atoms with Crippen molar-refractivity contribution >= 4 is 11.5 Å². The van der Waals surface area contributed by atoms with Crippen molar-refractivity contribution in [1.82, 2.24) is 14.6 Å². The van der Waals surface area contributed by atoms with E-state index in [0.29, 0.717) is 13.2 Å². The number of hydrogen-bond acceptors (Lipinski definition) is 5. The molecular formula is C29H32N4O2. The van der Waals surface area contributed by atoms with E-state index in [1.165, 1.54) is 29.5 Å². The van der Waals surface area contributed by atoms with Gasteiger partial charge in [-0.05, 0) is 68.4 Å². The quantitative estimate of drug-likeness (QED) is 0.344. The molecule has 0 radical (unpaired) electrons. The number of ether oxygens (including phenoxy) is 2. The summed E-state index contributed by atoms with van der Waals surface area (Å²) in [6.07, 6.45) is 2.59. The molecule has 1 saturated carbocycles. The van der Waals surface area contributed by atoms with E-state index in [2.05, 4.69) is 66.6 Å². The van der Waals surface area contributed by atoms with Gasteiger partial charge < -0.3 is 14.4 Å². The van der Waals surface area contributed by atoms with Crippen LogP contribution >= 0.6 is 0 Å². The molecule has 6 nitrogen and oxygen atoms in total. The van der Waals surface area contributed by atoms with Crippen LogP contribution < -0.4 is 9.64 Å². The van der Waals surface area contributed by atoms with Crippen molar-refractivity contribution in [3.8, 4) is 16.9 Å². The van der Waals surface area contributed by atoms with Crippen LogP contribution in [-0.2, 0) is 24.5 Å². The normalized spacial score (nSPS) is 15.0. The van der Waals surface area contributed by atoms with E-state index in [1.807, 2.05) is 6.07 Å². The van der Waals surface area contributed by atoms with Crippen LogP contribution in [0.15, 0.2) is 42.5 Å². The van der Waals surface area contributed by atoms with Gasteiger partial charge in [0.25, 0.3) is 0 Å².